The predicted octanol–water partition coefficient (Wildman–Crippen LogP) is 2.82. The highest BCUT2D eigenvalue weighted by atomic mass is 35.5. The van der Waals surface area contributed by atoms with E-state index in [0.717, 1.165) is 0 Å². The van der Waals surface area contributed by atoms with Crippen LogP contribution in [-0.4, -0.2) is 18.3 Å². The fourth-order valence-corrected chi connectivity index (χ4v) is 1.09. The van der Waals surface area contributed by atoms with Crippen molar-refractivity contribution in [3.05, 3.63) is 29.3 Å². The van der Waals surface area contributed by atoms with Gasteiger partial charge in [0.05, 0.1) is 16.7 Å². The smallest absolute Gasteiger partial charge is 0.137 e. The van der Waals surface area contributed by atoms with Crippen LogP contribution in [0.1, 0.15) is 0 Å². The molecule has 0 aliphatic rings. The van der Waals surface area contributed by atoms with Crippen LogP contribution in [0.4, 0.5) is 0 Å². The number of isothiocyanates is 1. The first-order chi connectivity index (χ1) is 6.34. The molecule has 0 fully saturated rings. The van der Waals surface area contributed by atoms with Crippen LogP contribution >= 0.6 is 23.8 Å². The highest BCUT2D eigenvalue weighted by molar-refractivity contribution is 7.78. The summed E-state index contributed by atoms with van der Waals surface area (Å²) in [5.41, 5.74) is 0. The lowest BCUT2D eigenvalue weighted by atomic mass is 10.3. The Labute approximate surface area is 87.2 Å². The van der Waals surface area contributed by atoms with Gasteiger partial charge >= 0.3 is 0 Å². The van der Waals surface area contributed by atoms with Crippen LogP contribution in [0, 0.1) is 0 Å². The van der Waals surface area contributed by atoms with Crippen molar-refractivity contribution in [1.29, 1.82) is 0 Å². The Hall–Kier alpha value is -0.890. The average molecular weight is 214 g/mol. The molecule has 0 radical (unpaired) electrons. The second kappa shape index (κ2) is 5.70. The van der Waals surface area contributed by atoms with E-state index in [2.05, 4.69) is 22.4 Å². The van der Waals surface area contributed by atoms with E-state index < -0.39 is 0 Å². The van der Waals surface area contributed by atoms with Crippen molar-refractivity contribution >= 4 is 29.0 Å². The molecule has 68 valence electrons. The first kappa shape index (κ1) is 10.2. The number of hydrogen-bond donors (Lipinski definition) is 0. The molecule has 0 atom stereocenters. The molecule has 0 unspecified atom stereocenters. The first-order valence-electron chi connectivity index (χ1n) is 3.75. The van der Waals surface area contributed by atoms with Gasteiger partial charge in [-0.2, -0.15) is 0 Å². The fraction of sp³-hybridized carbons (Fsp3) is 0.222. The quantitative estimate of drug-likeness (QED) is 0.436. The lowest BCUT2D eigenvalue weighted by molar-refractivity contribution is 0.329. The maximum Gasteiger partial charge on any atom is 0.137 e. The minimum atomic E-state index is 0.466. The van der Waals surface area contributed by atoms with E-state index in [1.807, 2.05) is 18.2 Å². The summed E-state index contributed by atoms with van der Waals surface area (Å²) < 4.78 is 5.33. The third-order valence-corrected chi connectivity index (χ3v) is 1.80. The van der Waals surface area contributed by atoms with Crippen molar-refractivity contribution < 1.29 is 4.74 Å². The number of thiocarbonyl (C=S) groups is 1. The van der Waals surface area contributed by atoms with Crippen molar-refractivity contribution in [3.63, 3.8) is 0 Å². The number of para-hydroxylation sites is 1. The molecule has 0 aliphatic carbocycles. The van der Waals surface area contributed by atoms with Crippen molar-refractivity contribution in [2.24, 2.45) is 4.99 Å². The Morgan fingerprint density at radius 3 is 2.92 bits per heavy atom. The van der Waals surface area contributed by atoms with Crippen LogP contribution in [0.2, 0.25) is 5.02 Å². The molecule has 0 aromatic heterocycles. The molecule has 1 aromatic rings. The predicted molar refractivity (Wildman–Crippen MR) is 56.8 cm³/mol. The molecule has 0 spiro atoms. The number of rotatable bonds is 4. The highest BCUT2D eigenvalue weighted by Gasteiger charge is 1.97. The van der Waals surface area contributed by atoms with Gasteiger partial charge in [-0.3, -0.25) is 0 Å². The highest BCUT2D eigenvalue weighted by Crippen LogP contribution is 2.22. The molecule has 0 N–H and O–H groups in total. The molecule has 0 saturated heterocycles. The number of ether oxygens (including phenoxy) is 1. The Morgan fingerprint density at radius 2 is 2.23 bits per heavy atom. The van der Waals surface area contributed by atoms with E-state index in [0.29, 0.717) is 23.9 Å². The van der Waals surface area contributed by atoms with Crippen LogP contribution < -0.4 is 4.74 Å². The number of aliphatic imine (C=N–C) groups is 1. The lowest BCUT2D eigenvalue weighted by Gasteiger charge is -2.04. The van der Waals surface area contributed by atoms with Gasteiger partial charge in [-0.15, -0.1) is 0 Å². The van der Waals surface area contributed by atoms with Gasteiger partial charge in [0, 0.05) is 0 Å². The fourth-order valence-electron chi connectivity index (χ4n) is 0.809. The molecule has 1 aromatic carbocycles. The lowest BCUT2D eigenvalue weighted by Crippen LogP contribution is -2.00. The summed E-state index contributed by atoms with van der Waals surface area (Å²) in [5, 5.41) is 2.87. The number of nitrogens with zero attached hydrogens (tertiary/aromatic N) is 1. The van der Waals surface area contributed by atoms with E-state index in [1.165, 1.54) is 0 Å². The normalized spacial score (nSPS) is 9.00. The number of halogens is 1. The van der Waals surface area contributed by atoms with Crippen LogP contribution in [0.25, 0.3) is 0 Å². The van der Waals surface area contributed by atoms with Crippen LogP contribution in [0.5, 0.6) is 5.75 Å². The molecule has 0 saturated carbocycles. The van der Waals surface area contributed by atoms with Gasteiger partial charge in [-0.05, 0) is 24.4 Å². The topological polar surface area (TPSA) is 21.6 Å². The SMILES string of the molecule is S=C=NCCOc1ccccc1Cl. The summed E-state index contributed by atoms with van der Waals surface area (Å²) in [7, 11) is 0. The summed E-state index contributed by atoms with van der Waals surface area (Å²) in [4.78, 5) is 3.71. The van der Waals surface area contributed by atoms with E-state index in [4.69, 9.17) is 16.3 Å². The van der Waals surface area contributed by atoms with E-state index in [-0.39, 0.29) is 0 Å². The van der Waals surface area contributed by atoms with Crippen LogP contribution in [0.3, 0.4) is 0 Å². The van der Waals surface area contributed by atoms with Crippen molar-refractivity contribution in [2.75, 3.05) is 13.2 Å². The van der Waals surface area contributed by atoms with Gasteiger partial charge in [0.1, 0.15) is 12.4 Å². The second-order valence-electron chi connectivity index (χ2n) is 2.25. The molecule has 0 heterocycles. The molecule has 2 nitrogen and oxygen atoms in total. The van der Waals surface area contributed by atoms with Gasteiger partial charge < -0.3 is 4.74 Å². The summed E-state index contributed by atoms with van der Waals surface area (Å²) >= 11 is 10.3. The Morgan fingerprint density at radius 1 is 1.46 bits per heavy atom. The molecular formula is C9H8ClNOS. The second-order valence-corrected chi connectivity index (χ2v) is 2.84. The monoisotopic (exact) mass is 213 g/mol. The van der Waals surface area contributed by atoms with Gasteiger partial charge in [-0.25, -0.2) is 4.99 Å². The molecule has 0 bridgehead atoms. The summed E-state index contributed by atoms with van der Waals surface area (Å²) in [6.07, 6.45) is 0. The van der Waals surface area contributed by atoms with Crippen molar-refractivity contribution in [3.8, 4) is 5.75 Å². The average Bonchev–Trinajstić information content (AvgIpc) is 2.15. The standard InChI is InChI=1S/C9H8ClNOS/c10-8-3-1-2-4-9(8)12-6-5-11-7-13/h1-4H,5-6H2. The van der Waals surface area contributed by atoms with E-state index in [1.54, 1.807) is 6.07 Å². The molecule has 0 amide bonds. The maximum atomic E-state index is 5.85. The van der Waals surface area contributed by atoms with Crippen molar-refractivity contribution in [2.45, 2.75) is 0 Å². The van der Waals surface area contributed by atoms with Crippen LogP contribution in [-0.2, 0) is 0 Å². The van der Waals surface area contributed by atoms with E-state index in [9.17, 15) is 0 Å². The Kier molecular flexibility index (Phi) is 4.47. The zero-order chi connectivity index (χ0) is 9.52. The Balaban J connectivity index is 2.45. The maximum absolute atomic E-state index is 5.85. The van der Waals surface area contributed by atoms with Gasteiger partial charge in [0.2, 0.25) is 0 Å². The van der Waals surface area contributed by atoms with Crippen molar-refractivity contribution in [1.82, 2.24) is 0 Å². The largest absolute Gasteiger partial charge is 0.490 e. The number of benzene rings is 1. The van der Waals surface area contributed by atoms with Gasteiger partial charge in [0.25, 0.3) is 0 Å². The molecule has 1 rings (SSSR count). The van der Waals surface area contributed by atoms with Crippen LogP contribution in [0.15, 0.2) is 29.3 Å². The zero-order valence-electron chi connectivity index (χ0n) is 6.87. The number of hydrogen-bond acceptors (Lipinski definition) is 3. The van der Waals surface area contributed by atoms with Gasteiger partial charge in [-0.1, -0.05) is 23.7 Å². The van der Waals surface area contributed by atoms with Gasteiger partial charge in [0.15, 0.2) is 0 Å². The third-order valence-electron chi connectivity index (χ3n) is 1.36. The van der Waals surface area contributed by atoms with E-state index >= 15 is 0 Å². The summed E-state index contributed by atoms with van der Waals surface area (Å²) in [6, 6.07) is 7.30. The molecular weight excluding hydrogens is 206 g/mol. The summed E-state index contributed by atoms with van der Waals surface area (Å²) in [5.74, 6) is 0.670. The summed E-state index contributed by atoms with van der Waals surface area (Å²) in [6.45, 7) is 0.974. The minimum absolute atomic E-state index is 0.466. The minimum Gasteiger partial charge on any atom is -0.490 e. The molecule has 13 heavy (non-hydrogen) atoms. The molecule has 4 heteroatoms. The third kappa shape index (κ3) is 3.55. The molecule has 0 aliphatic heterocycles. The first-order valence-corrected chi connectivity index (χ1v) is 4.54. The Bertz CT molecular complexity index is 323. The zero-order valence-corrected chi connectivity index (χ0v) is 8.44.